The molecule has 0 spiro atoms. The highest BCUT2D eigenvalue weighted by molar-refractivity contribution is 5.99. The van der Waals surface area contributed by atoms with Crippen molar-refractivity contribution in [1.29, 1.82) is 0 Å². The Labute approximate surface area is 101 Å². The van der Waals surface area contributed by atoms with Crippen molar-refractivity contribution in [2.45, 2.75) is 25.7 Å². The number of carbonyl (C=O) groups is 1. The van der Waals surface area contributed by atoms with Crippen molar-refractivity contribution >= 4 is 12.0 Å². The number of benzene rings is 1. The van der Waals surface area contributed by atoms with Gasteiger partial charge in [0.1, 0.15) is 0 Å². The molecule has 2 heteroatoms. The van der Waals surface area contributed by atoms with E-state index in [-0.39, 0.29) is 5.91 Å². The summed E-state index contributed by atoms with van der Waals surface area (Å²) in [5.74, 6) is 0.0272. The molecular weight excluding hydrogens is 210 g/mol. The van der Waals surface area contributed by atoms with Crippen molar-refractivity contribution in [3.05, 3.63) is 52.7 Å². The topological polar surface area (TPSA) is 29.1 Å². The number of carbonyl (C=O) groups excluding carboxylic acids is 1. The molecular formula is C15H15NO. The zero-order valence-electron chi connectivity index (χ0n) is 9.70. The van der Waals surface area contributed by atoms with Crippen LogP contribution < -0.4 is 5.32 Å². The SMILES string of the molecule is O=C1NC2=C(C=Cc3ccccc31)CCCC2. The van der Waals surface area contributed by atoms with E-state index in [2.05, 4.69) is 17.5 Å². The molecule has 0 saturated heterocycles. The summed E-state index contributed by atoms with van der Waals surface area (Å²) in [5, 5.41) is 3.07. The van der Waals surface area contributed by atoms with Gasteiger partial charge in [-0.25, -0.2) is 0 Å². The number of nitrogens with one attached hydrogen (secondary N) is 1. The van der Waals surface area contributed by atoms with E-state index >= 15 is 0 Å². The average molecular weight is 225 g/mol. The minimum atomic E-state index is 0.0272. The van der Waals surface area contributed by atoms with Crippen LogP contribution in [0.3, 0.4) is 0 Å². The Morgan fingerprint density at radius 1 is 1.00 bits per heavy atom. The van der Waals surface area contributed by atoms with Gasteiger partial charge in [-0.2, -0.15) is 0 Å². The van der Waals surface area contributed by atoms with Gasteiger partial charge >= 0.3 is 0 Å². The second kappa shape index (κ2) is 4.21. The van der Waals surface area contributed by atoms with Crippen LogP contribution in [0.25, 0.3) is 6.08 Å². The second-order valence-electron chi connectivity index (χ2n) is 4.59. The van der Waals surface area contributed by atoms with Gasteiger partial charge in [-0.05, 0) is 42.9 Å². The fourth-order valence-corrected chi connectivity index (χ4v) is 2.50. The Balaban J connectivity index is 2.08. The molecule has 1 aromatic rings. The van der Waals surface area contributed by atoms with E-state index in [0.717, 1.165) is 29.7 Å². The molecule has 1 aliphatic carbocycles. The number of allylic oxidation sites excluding steroid dienone is 3. The number of rotatable bonds is 0. The summed E-state index contributed by atoms with van der Waals surface area (Å²) in [5.41, 5.74) is 4.18. The Bertz CT molecular complexity index is 525. The molecule has 2 aliphatic rings. The molecule has 1 heterocycles. The first-order valence-corrected chi connectivity index (χ1v) is 6.15. The van der Waals surface area contributed by atoms with E-state index < -0.39 is 0 Å². The van der Waals surface area contributed by atoms with Gasteiger partial charge in [0.15, 0.2) is 0 Å². The molecule has 0 bridgehead atoms. The summed E-state index contributed by atoms with van der Waals surface area (Å²) in [6.45, 7) is 0. The maximum Gasteiger partial charge on any atom is 0.256 e. The van der Waals surface area contributed by atoms with E-state index in [1.165, 1.54) is 18.4 Å². The predicted octanol–water partition coefficient (Wildman–Crippen LogP) is 3.27. The van der Waals surface area contributed by atoms with E-state index in [1.54, 1.807) is 0 Å². The van der Waals surface area contributed by atoms with Crippen molar-refractivity contribution in [2.75, 3.05) is 0 Å². The first-order valence-electron chi connectivity index (χ1n) is 6.15. The fourth-order valence-electron chi connectivity index (χ4n) is 2.50. The van der Waals surface area contributed by atoms with Gasteiger partial charge < -0.3 is 5.32 Å². The van der Waals surface area contributed by atoms with Crippen LogP contribution in [0, 0.1) is 0 Å². The van der Waals surface area contributed by atoms with Crippen LogP contribution in [-0.4, -0.2) is 5.91 Å². The maximum absolute atomic E-state index is 12.1. The predicted molar refractivity (Wildman–Crippen MR) is 68.4 cm³/mol. The van der Waals surface area contributed by atoms with Crippen LogP contribution >= 0.6 is 0 Å². The first kappa shape index (κ1) is 10.3. The molecule has 1 amide bonds. The molecule has 3 rings (SSSR count). The van der Waals surface area contributed by atoms with Crippen LogP contribution in [0.2, 0.25) is 0 Å². The Morgan fingerprint density at radius 3 is 2.76 bits per heavy atom. The van der Waals surface area contributed by atoms with E-state index in [1.807, 2.05) is 24.3 Å². The highest BCUT2D eigenvalue weighted by atomic mass is 16.1. The average Bonchev–Trinajstić information content (AvgIpc) is 2.36. The van der Waals surface area contributed by atoms with Gasteiger partial charge in [-0.15, -0.1) is 0 Å². The number of hydrogen-bond acceptors (Lipinski definition) is 1. The molecule has 1 aliphatic heterocycles. The molecule has 0 atom stereocenters. The summed E-state index contributed by atoms with van der Waals surface area (Å²) in [6, 6.07) is 7.74. The maximum atomic E-state index is 12.1. The monoisotopic (exact) mass is 225 g/mol. The van der Waals surface area contributed by atoms with Crippen molar-refractivity contribution in [1.82, 2.24) is 5.32 Å². The minimum absolute atomic E-state index is 0.0272. The molecule has 0 radical (unpaired) electrons. The lowest BCUT2D eigenvalue weighted by atomic mass is 9.93. The van der Waals surface area contributed by atoms with Gasteiger partial charge in [0, 0.05) is 11.3 Å². The Morgan fingerprint density at radius 2 is 1.82 bits per heavy atom. The van der Waals surface area contributed by atoms with Crippen molar-refractivity contribution in [3.8, 4) is 0 Å². The van der Waals surface area contributed by atoms with Gasteiger partial charge in [-0.1, -0.05) is 30.4 Å². The largest absolute Gasteiger partial charge is 0.325 e. The van der Waals surface area contributed by atoms with E-state index in [9.17, 15) is 4.79 Å². The summed E-state index contributed by atoms with van der Waals surface area (Å²) in [6.07, 6.45) is 8.69. The lowest BCUT2D eigenvalue weighted by Gasteiger charge is -2.21. The highest BCUT2D eigenvalue weighted by Gasteiger charge is 2.17. The van der Waals surface area contributed by atoms with Crippen LogP contribution in [0.5, 0.6) is 0 Å². The van der Waals surface area contributed by atoms with E-state index in [0.29, 0.717) is 0 Å². The van der Waals surface area contributed by atoms with E-state index in [4.69, 9.17) is 0 Å². The van der Waals surface area contributed by atoms with Crippen LogP contribution in [-0.2, 0) is 0 Å². The molecule has 0 fully saturated rings. The summed E-state index contributed by atoms with van der Waals surface area (Å²) >= 11 is 0. The Kier molecular flexibility index (Phi) is 2.56. The zero-order chi connectivity index (χ0) is 11.7. The molecule has 86 valence electrons. The lowest BCUT2D eigenvalue weighted by Crippen LogP contribution is -2.26. The molecule has 2 nitrogen and oxygen atoms in total. The first-order chi connectivity index (χ1) is 8.34. The Hall–Kier alpha value is -1.83. The number of fused-ring (bicyclic) bond motifs is 1. The standard InChI is InChI=1S/C15H15NO/c17-15-13-7-3-1-5-11(13)9-10-12-6-2-4-8-14(12)16-15/h1,3,5,7,9-10H,2,4,6,8H2,(H,16,17). The minimum Gasteiger partial charge on any atom is -0.325 e. The van der Waals surface area contributed by atoms with Gasteiger partial charge in [-0.3, -0.25) is 4.79 Å². The normalized spacial score (nSPS) is 18.9. The summed E-state index contributed by atoms with van der Waals surface area (Å²) in [4.78, 5) is 12.1. The molecule has 0 saturated carbocycles. The van der Waals surface area contributed by atoms with Gasteiger partial charge in [0.05, 0.1) is 0 Å². The van der Waals surface area contributed by atoms with Crippen molar-refractivity contribution < 1.29 is 4.79 Å². The van der Waals surface area contributed by atoms with Crippen molar-refractivity contribution in [2.24, 2.45) is 0 Å². The third kappa shape index (κ3) is 1.91. The van der Waals surface area contributed by atoms with Crippen molar-refractivity contribution in [3.63, 3.8) is 0 Å². The third-order valence-electron chi connectivity index (χ3n) is 3.44. The smallest absolute Gasteiger partial charge is 0.256 e. The quantitative estimate of drug-likeness (QED) is 0.721. The molecule has 17 heavy (non-hydrogen) atoms. The number of hydrogen-bond donors (Lipinski definition) is 1. The second-order valence-corrected chi connectivity index (χ2v) is 4.59. The fraction of sp³-hybridized carbons (Fsp3) is 0.267. The zero-order valence-corrected chi connectivity index (χ0v) is 9.70. The summed E-state index contributed by atoms with van der Waals surface area (Å²) < 4.78 is 0. The van der Waals surface area contributed by atoms with Gasteiger partial charge in [0.25, 0.3) is 5.91 Å². The molecule has 1 aromatic carbocycles. The molecule has 1 N–H and O–H groups in total. The molecule has 0 unspecified atom stereocenters. The summed E-state index contributed by atoms with van der Waals surface area (Å²) in [7, 11) is 0. The van der Waals surface area contributed by atoms with Gasteiger partial charge in [0.2, 0.25) is 0 Å². The number of amides is 1. The third-order valence-corrected chi connectivity index (χ3v) is 3.44. The highest BCUT2D eigenvalue weighted by Crippen LogP contribution is 2.27. The molecule has 0 aromatic heterocycles. The lowest BCUT2D eigenvalue weighted by molar-refractivity contribution is 0.0963. The van der Waals surface area contributed by atoms with Crippen LogP contribution in [0.1, 0.15) is 41.6 Å². The van der Waals surface area contributed by atoms with Crippen LogP contribution in [0.15, 0.2) is 41.6 Å². The van der Waals surface area contributed by atoms with Crippen LogP contribution in [0.4, 0.5) is 0 Å².